The minimum atomic E-state index is -0.371. The lowest BCUT2D eigenvalue weighted by atomic mass is 10.3. The Morgan fingerprint density at radius 3 is 3.00 bits per heavy atom. The number of nitrogens with zero attached hydrogens (tertiary/aromatic N) is 1. The second-order valence-corrected chi connectivity index (χ2v) is 4.42. The summed E-state index contributed by atoms with van der Waals surface area (Å²) < 4.78 is 10.5. The highest BCUT2D eigenvalue weighted by atomic mass is 35.5. The van der Waals surface area contributed by atoms with E-state index in [1.165, 1.54) is 6.21 Å². The second-order valence-electron chi connectivity index (χ2n) is 3.99. The Morgan fingerprint density at radius 1 is 1.45 bits per heavy atom. The van der Waals surface area contributed by atoms with Crippen LogP contribution in [-0.4, -0.2) is 18.7 Å². The van der Waals surface area contributed by atoms with Crippen LogP contribution in [0.15, 0.2) is 45.9 Å². The number of hydrazone groups is 1. The van der Waals surface area contributed by atoms with Gasteiger partial charge in [0.05, 0.1) is 6.21 Å². The largest absolute Gasteiger partial charge is 0.484 e. The average molecular weight is 293 g/mol. The van der Waals surface area contributed by atoms with Gasteiger partial charge in [0.1, 0.15) is 17.3 Å². The maximum Gasteiger partial charge on any atom is 0.277 e. The van der Waals surface area contributed by atoms with Crippen LogP contribution in [0.3, 0.4) is 0 Å². The smallest absolute Gasteiger partial charge is 0.277 e. The lowest BCUT2D eigenvalue weighted by molar-refractivity contribution is -0.123. The van der Waals surface area contributed by atoms with Gasteiger partial charge in [-0.25, -0.2) is 5.43 Å². The predicted octanol–water partition coefficient (Wildman–Crippen LogP) is 2.77. The summed E-state index contributed by atoms with van der Waals surface area (Å²) in [5, 5.41) is 4.31. The zero-order chi connectivity index (χ0) is 14.4. The highest BCUT2D eigenvalue weighted by molar-refractivity contribution is 6.30. The van der Waals surface area contributed by atoms with Crippen molar-refractivity contribution in [3.63, 3.8) is 0 Å². The fraction of sp³-hybridized carbons (Fsp3) is 0.143. The van der Waals surface area contributed by atoms with Crippen LogP contribution in [0.2, 0.25) is 5.02 Å². The number of ether oxygens (including phenoxy) is 1. The van der Waals surface area contributed by atoms with Gasteiger partial charge in [0.15, 0.2) is 6.61 Å². The minimum Gasteiger partial charge on any atom is -0.484 e. The lowest BCUT2D eigenvalue weighted by Gasteiger charge is -2.04. The molecule has 2 rings (SSSR count). The molecule has 5 nitrogen and oxygen atoms in total. The lowest BCUT2D eigenvalue weighted by Crippen LogP contribution is -2.24. The Kier molecular flexibility index (Phi) is 4.79. The van der Waals surface area contributed by atoms with E-state index in [4.69, 9.17) is 20.8 Å². The molecule has 0 unspecified atom stereocenters. The van der Waals surface area contributed by atoms with Crippen LogP contribution < -0.4 is 10.2 Å². The number of carbonyl (C=O) groups excluding carboxylic acids is 1. The molecular weight excluding hydrogens is 280 g/mol. The first-order valence-electron chi connectivity index (χ1n) is 5.90. The number of halogens is 1. The van der Waals surface area contributed by atoms with Crippen LogP contribution >= 0.6 is 11.6 Å². The summed E-state index contributed by atoms with van der Waals surface area (Å²) in [4.78, 5) is 11.5. The third-order valence-electron chi connectivity index (χ3n) is 2.31. The van der Waals surface area contributed by atoms with Crippen LogP contribution in [0.4, 0.5) is 0 Å². The zero-order valence-electron chi connectivity index (χ0n) is 10.8. The summed E-state index contributed by atoms with van der Waals surface area (Å²) in [6.07, 6.45) is 1.42. The Morgan fingerprint density at radius 2 is 2.30 bits per heavy atom. The number of nitrogens with one attached hydrogen (secondary N) is 1. The van der Waals surface area contributed by atoms with E-state index >= 15 is 0 Å². The van der Waals surface area contributed by atoms with Gasteiger partial charge in [-0.15, -0.1) is 0 Å². The Bertz CT molecular complexity index is 622. The van der Waals surface area contributed by atoms with Gasteiger partial charge >= 0.3 is 0 Å². The molecule has 2 aromatic rings. The van der Waals surface area contributed by atoms with Crippen molar-refractivity contribution in [3.8, 4) is 5.75 Å². The van der Waals surface area contributed by atoms with E-state index in [0.717, 1.165) is 5.76 Å². The van der Waals surface area contributed by atoms with E-state index in [-0.39, 0.29) is 12.5 Å². The van der Waals surface area contributed by atoms with Crippen molar-refractivity contribution in [1.82, 2.24) is 5.43 Å². The van der Waals surface area contributed by atoms with E-state index in [0.29, 0.717) is 16.5 Å². The third kappa shape index (κ3) is 4.44. The van der Waals surface area contributed by atoms with Gasteiger partial charge in [-0.1, -0.05) is 17.7 Å². The van der Waals surface area contributed by atoms with E-state index < -0.39 is 0 Å². The third-order valence-corrected chi connectivity index (χ3v) is 2.54. The van der Waals surface area contributed by atoms with Crippen molar-refractivity contribution in [2.75, 3.05) is 6.61 Å². The van der Waals surface area contributed by atoms with E-state index in [1.54, 1.807) is 30.3 Å². The summed E-state index contributed by atoms with van der Waals surface area (Å²) in [5.74, 6) is 1.50. The normalized spacial score (nSPS) is 10.7. The summed E-state index contributed by atoms with van der Waals surface area (Å²) in [7, 11) is 0. The molecule has 1 aromatic heterocycles. The molecule has 0 atom stereocenters. The quantitative estimate of drug-likeness (QED) is 0.681. The molecule has 104 valence electrons. The first-order chi connectivity index (χ1) is 9.63. The number of hydrogen-bond acceptors (Lipinski definition) is 4. The number of rotatable bonds is 5. The summed E-state index contributed by atoms with van der Waals surface area (Å²) in [6.45, 7) is 1.68. The molecule has 0 aliphatic carbocycles. The van der Waals surface area contributed by atoms with E-state index in [1.807, 2.05) is 13.0 Å². The molecule has 0 aliphatic heterocycles. The molecule has 0 saturated carbocycles. The fourth-order valence-corrected chi connectivity index (χ4v) is 1.61. The molecule has 0 spiro atoms. The maximum atomic E-state index is 11.5. The number of aryl methyl sites for hydroxylation is 1. The summed E-state index contributed by atoms with van der Waals surface area (Å²) in [5.41, 5.74) is 2.34. The van der Waals surface area contributed by atoms with Crippen molar-refractivity contribution >= 4 is 23.7 Å². The SMILES string of the molecule is Cc1ccc(/C=N\NC(=O)COc2cccc(Cl)c2)o1. The molecule has 1 heterocycles. The van der Waals surface area contributed by atoms with Gasteiger partial charge < -0.3 is 9.15 Å². The van der Waals surface area contributed by atoms with Crippen molar-refractivity contribution in [2.24, 2.45) is 5.10 Å². The van der Waals surface area contributed by atoms with Crippen LogP contribution in [0.25, 0.3) is 0 Å². The molecule has 20 heavy (non-hydrogen) atoms. The summed E-state index contributed by atoms with van der Waals surface area (Å²) in [6, 6.07) is 10.4. The Labute approximate surface area is 121 Å². The van der Waals surface area contributed by atoms with Crippen LogP contribution in [0.5, 0.6) is 5.75 Å². The fourth-order valence-electron chi connectivity index (χ4n) is 1.43. The molecule has 1 aromatic carbocycles. The highest BCUT2D eigenvalue weighted by Gasteiger charge is 2.02. The average Bonchev–Trinajstić information content (AvgIpc) is 2.82. The van der Waals surface area contributed by atoms with E-state index in [9.17, 15) is 4.79 Å². The van der Waals surface area contributed by atoms with Crippen LogP contribution in [-0.2, 0) is 4.79 Å². The number of amides is 1. The van der Waals surface area contributed by atoms with Gasteiger partial charge in [0.2, 0.25) is 0 Å². The topological polar surface area (TPSA) is 63.8 Å². The highest BCUT2D eigenvalue weighted by Crippen LogP contribution is 2.16. The van der Waals surface area contributed by atoms with Crippen molar-refractivity contribution < 1.29 is 13.9 Å². The summed E-state index contributed by atoms with van der Waals surface area (Å²) >= 11 is 5.80. The van der Waals surface area contributed by atoms with Crippen molar-refractivity contribution in [3.05, 3.63) is 52.9 Å². The molecule has 0 saturated heterocycles. The number of furan rings is 1. The molecule has 6 heteroatoms. The van der Waals surface area contributed by atoms with Crippen molar-refractivity contribution in [2.45, 2.75) is 6.92 Å². The van der Waals surface area contributed by atoms with E-state index in [2.05, 4.69) is 10.5 Å². The minimum absolute atomic E-state index is 0.144. The first-order valence-corrected chi connectivity index (χ1v) is 6.28. The van der Waals surface area contributed by atoms with Gasteiger partial charge in [0, 0.05) is 5.02 Å². The maximum absolute atomic E-state index is 11.5. The molecule has 1 N–H and O–H groups in total. The number of hydrogen-bond donors (Lipinski definition) is 1. The predicted molar refractivity (Wildman–Crippen MR) is 76.1 cm³/mol. The molecular formula is C14H13ClN2O3. The Balaban J connectivity index is 1.77. The van der Waals surface area contributed by atoms with Crippen LogP contribution in [0, 0.1) is 6.92 Å². The monoisotopic (exact) mass is 292 g/mol. The number of benzene rings is 1. The molecule has 0 fully saturated rings. The number of carbonyl (C=O) groups is 1. The van der Waals surface area contributed by atoms with Gasteiger partial charge in [0.25, 0.3) is 5.91 Å². The van der Waals surface area contributed by atoms with Gasteiger partial charge in [-0.05, 0) is 37.3 Å². The molecule has 0 aliphatic rings. The van der Waals surface area contributed by atoms with Crippen molar-refractivity contribution in [1.29, 1.82) is 0 Å². The first kappa shape index (κ1) is 14.1. The standard InChI is InChI=1S/C14H13ClN2O3/c1-10-5-6-13(20-10)8-16-17-14(18)9-19-12-4-2-3-11(15)7-12/h2-8H,9H2,1H3,(H,17,18)/b16-8-. The second kappa shape index (κ2) is 6.77. The van der Waals surface area contributed by atoms with Gasteiger partial charge in [-0.2, -0.15) is 5.10 Å². The molecule has 0 radical (unpaired) electrons. The van der Waals surface area contributed by atoms with Crippen LogP contribution in [0.1, 0.15) is 11.5 Å². The van der Waals surface area contributed by atoms with Gasteiger partial charge in [-0.3, -0.25) is 4.79 Å². The Hall–Kier alpha value is -2.27. The molecule has 0 bridgehead atoms. The zero-order valence-corrected chi connectivity index (χ0v) is 11.6. The molecule has 1 amide bonds.